The Kier molecular flexibility index (Phi) is 7.73. The van der Waals surface area contributed by atoms with Crippen molar-refractivity contribution >= 4 is 5.91 Å². The predicted octanol–water partition coefficient (Wildman–Crippen LogP) is 2.59. The number of ether oxygens (including phenoxy) is 1. The van der Waals surface area contributed by atoms with Crippen molar-refractivity contribution in [2.45, 2.75) is 39.7 Å². The molecule has 4 heteroatoms. The third-order valence-corrected chi connectivity index (χ3v) is 2.85. The number of benzene rings is 1. The van der Waals surface area contributed by atoms with Crippen molar-refractivity contribution in [1.82, 2.24) is 10.6 Å². The molecule has 0 aromatic heterocycles. The van der Waals surface area contributed by atoms with Crippen LogP contribution in [0.1, 0.15) is 44.0 Å². The molecule has 0 bridgehead atoms. The van der Waals surface area contributed by atoms with E-state index >= 15 is 0 Å². The van der Waals surface area contributed by atoms with Gasteiger partial charge in [0.25, 0.3) is 5.91 Å². The Labute approximate surface area is 121 Å². The Bertz CT molecular complexity index is 388. The average Bonchev–Trinajstić information content (AvgIpc) is 2.44. The highest BCUT2D eigenvalue weighted by Gasteiger charge is 2.04. The molecule has 0 fully saturated rings. The van der Waals surface area contributed by atoms with E-state index in [4.69, 9.17) is 4.74 Å². The maximum Gasteiger partial charge on any atom is 0.251 e. The summed E-state index contributed by atoms with van der Waals surface area (Å²) in [6.07, 6.45) is 2.16. The van der Waals surface area contributed by atoms with Crippen LogP contribution in [0.25, 0.3) is 0 Å². The van der Waals surface area contributed by atoms with E-state index in [0.717, 1.165) is 31.7 Å². The molecule has 1 rings (SSSR count). The van der Waals surface area contributed by atoms with Crippen LogP contribution in [-0.4, -0.2) is 31.6 Å². The zero-order valence-corrected chi connectivity index (χ0v) is 12.7. The second-order valence-electron chi connectivity index (χ2n) is 5.09. The van der Waals surface area contributed by atoms with E-state index in [2.05, 4.69) is 31.4 Å². The van der Waals surface area contributed by atoms with Crippen LogP contribution in [-0.2, 0) is 0 Å². The summed E-state index contributed by atoms with van der Waals surface area (Å²) < 4.78 is 5.56. The van der Waals surface area contributed by atoms with Crippen molar-refractivity contribution in [3.63, 3.8) is 0 Å². The van der Waals surface area contributed by atoms with Crippen LogP contribution in [0.2, 0.25) is 0 Å². The van der Waals surface area contributed by atoms with Gasteiger partial charge in [0.15, 0.2) is 0 Å². The molecule has 0 saturated heterocycles. The van der Waals surface area contributed by atoms with Crippen LogP contribution < -0.4 is 15.4 Å². The standard InChI is InChI=1S/C16H26N2O2/c1-4-5-12-20-15-8-6-14(7-9-15)16(19)18-11-10-17-13(2)3/h6-9,13,17H,4-5,10-12H2,1-3H3,(H,18,19). The predicted molar refractivity (Wildman–Crippen MR) is 82.3 cm³/mol. The summed E-state index contributed by atoms with van der Waals surface area (Å²) in [7, 11) is 0. The molecular formula is C16H26N2O2. The molecule has 2 N–H and O–H groups in total. The first-order chi connectivity index (χ1) is 9.63. The summed E-state index contributed by atoms with van der Waals surface area (Å²) in [5.74, 6) is 0.770. The first kappa shape index (κ1) is 16.5. The number of unbranched alkanes of at least 4 members (excludes halogenated alkanes) is 1. The molecule has 1 amide bonds. The van der Waals surface area contributed by atoms with Gasteiger partial charge in [0.05, 0.1) is 6.61 Å². The normalized spacial score (nSPS) is 10.6. The van der Waals surface area contributed by atoms with Gasteiger partial charge in [0.2, 0.25) is 0 Å². The van der Waals surface area contributed by atoms with Crippen LogP contribution in [0.4, 0.5) is 0 Å². The van der Waals surface area contributed by atoms with E-state index in [0.29, 0.717) is 18.2 Å². The highest BCUT2D eigenvalue weighted by atomic mass is 16.5. The van der Waals surface area contributed by atoms with E-state index in [1.54, 1.807) is 12.1 Å². The second kappa shape index (κ2) is 9.37. The van der Waals surface area contributed by atoms with Gasteiger partial charge >= 0.3 is 0 Å². The summed E-state index contributed by atoms with van der Waals surface area (Å²) in [5.41, 5.74) is 0.664. The van der Waals surface area contributed by atoms with Crippen LogP contribution in [0.5, 0.6) is 5.75 Å². The fourth-order valence-electron chi connectivity index (χ4n) is 1.68. The average molecular weight is 278 g/mol. The van der Waals surface area contributed by atoms with Crippen molar-refractivity contribution in [1.29, 1.82) is 0 Å². The van der Waals surface area contributed by atoms with Gasteiger partial charge in [-0.15, -0.1) is 0 Å². The van der Waals surface area contributed by atoms with Crippen molar-refractivity contribution < 1.29 is 9.53 Å². The molecule has 20 heavy (non-hydrogen) atoms. The highest BCUT2D eigenvalue weighted by molar-refractivity contribution is 5.94. The lowest BCUT2D eigenvalue weighted by Gasteiger charge is -2.10. The fourth-order valence-corrected chi connectivity index (χ4v) is 1.68. The first-order valence-corrected chi connectivity index (χ1v) is 7.38. The lowest BCUT2D eigenvalue weighted by molar-refractivity contribution is 0.0953. The zero-order valence-electron chi connectivity index (χ0n) is 12.7. The largest absolute Gasteiger partial charge is 0.494 e. The molecule has 4 nitrogen and oxygen atoms in total. The van der Waals surface area contributed by atoms with Crippen LogP contribution in [0.3, 0.4) is 0 Å². The minimum atomic E-state index is -0.0457. The Morgan fingerprint density at radius 3 is 2.50 bits per heavy atom. The molecule has 0 atom stereocenters. The van der Waals surface area contributed by atoms with Gasteiger partial charge in [0.1, 0.15) is 5.75 Å². The number of carbonyl (C=O) groups excluding carboxylic acids is 1. The Hall–Kier alpha value is -1.55. The number of nitrogens with one attached hydrogen (secondary N) is 2. The van der Waals surface area contributed by atoms with Crippen molar-refractivity contribution in [3.8, 4) is 5.75 Å². The number of carbonyl (C=O) groups is 1. The van der Waals surface area contributed by atoms with E-state index in [1.807, 2.05) is 12.1 Å². The van der Waals surface area contributed by atoms with Crippen molar-refractivity contribution in [2.24, 2.45) is 0 Å². The second-order valence-corrected chi connectivity index (χ2v) is 5.09. The van der Waals surface area contributed by atoms with E-state index in [-0.39, 0.29) is 5.91 Å². The van der Waals surface area contributed by atoms with E-state index in [1.165, 1.54) is 0 Å². The lowest BCUT2D eigenvalue weighted by atomic mass is 10.2. The molecule has 0 radical (unpaired) electrons. The maximum atomic E-state index is 11.9. The third-order valence-electron chi connectivity index (χ3n) is 2.85. The molecule has 0 aliphatic heterocycles. The molecule has 0 unspecified atom stereocenters. The Balaban J connectivity index is 2.33. The SMILES string of the molecule is CCCCOc1ccc(C(=O)NCCNC(C)C)cc1. The summed E-state index contributed by atoms with van der Waals surface area (Å²) in [6, 6.07) is 7.72. The van der Waals surface area contributed by atoms with Gasteiger partial charge in [-0.3, -0.25) is 4.79 Å². The van der Waals surface area contributed by atoms with E-state index in [9.17, 15) is 4.79 Å². The molecule has 0 spiro atoms. The van der Waals surface area contributed by atoms with Gasteiger partial charge in [-0.25, -0.2) is 0 Å². The summed E-state index contributed by atoms with van der Waals surface area (Å²) >= 11 is 0. The summed E-state index contributed by atoms with van der Waals surface area (Å²) in [4.78, 5) is 11.9. The molecular weight excluding hydrogens is 252 g/mol. The summed E-state index contributed by atoms with van der Waals surface area (Å²) in [5, 5.41) is 6.14. The zero-order chi connectivity index (χ0) is 14.8. The van der Waals surface area contributed by atoms with Crippen LogP contribution in [0.15, 0.2) is 24.3 Å². The van der Waals surface area contributed by atoms with Crippen LogP contribution >= 0.6 is 0 Å². The Morgan fingerprint density at radius 1 is 1.20 bits per heavy atom. The molecule has 1 aromatic rings. The van der Waals surface area contributed by atoms with Crippen LogP contribution in [0, 0.1) is 0 Å². The molecule has 1 aromatic carbocycles. The molecule has 0 aliphatic rings. The van der Waals surface area contributed by atoms with E-state index < -0.39 is 0 Å². The highest BCUT2D eigenvalue weighted by Crippen LogP contribution is 2.12. The number of hydrogen-bond donors (Lipinski definition) is 2. The van der Waals surface area contributed by atoms with Crippen molar-refractivity contribution in [3.05, 3.63) is 29.8 Å². The monoisotopic (exact) mass is 278 g/mol. The first-order valence-electron chi connectivity index (χ1n) is 7.38. The fraction of sp³-hybridized carbons (Fsp3) is 0.562. The summed E-state index contributed by atoms with van der Waals surface area (Å²) in [6.45, 7) is 8.43. The minimum absolute atomic E-state index is 0.0457. The van der Waals surface area contributed by atoms with Gasteiger partial charge < -0.3 is 15.4 Å². The molecule has 112 valence electrons. The van der Waals surface area contributed by atoms with Gasteiger partial charge in [-0.1, -0.05) is 27.2 Å². The van der Waals surface area contributed by atoms with Gasteiger partial charge in [-0.05, 0) is 30.7 Å². The molecule has 0 heterocycles. The third kappa shape index (κ3) is 6.57. The van der Waals surface area contributed by atoms with Gasteiger partial charge in [0, 0.05) is 24.7 Å². The number of amides is 1. The maximum absolute atomic E-state index is 11.9. The number of hydrogen-bond acceptors (Lipinski definition) is 3. The smallest absolute Gasteiger partial charge is 0.251 e. The topological polar surface area (TPSA) is 50.4 Å². The lowest BCUT2D eigenvalue weighted by Crippen LogP contribution is -2.34. The minimum Gasteiger partial charge on any atom is -0.494 e. The quantitative estimate of drug-likeness (QED) is 0.683. The molecule has 0 aliphatic carbocycles. The van der Waals surface area contributed by atoms with Gasteiger partial charge in [-0.2, -0.15) is 0 Å². The molecule has 0 saturated carbocycles. The van der Waals surface area contributed by atoms with Crippen molar-refractivity contribution in [2.75, 3.05) is 19.7 Å². The number of rotatable bonds is 9. The Morgan fingerprint density at radius 2 is 1.90 bits per heavy atom.